The van der Waals surface area contributed by atoms with Crippen LogP contribution in [0, 0.1) is 12.7 Å². The molecule has 7 heteroatoms. The molecular formula is C19H17ClFN3O2. The summed E-state index contributed by atoms with van der Waals surface area (Å²) < 4.78 is 15.2. The van der Waals surface area contributed by atoms with Crippen molar-refractivity contribution in [2.24, 2.45) is 0 Å². The molecule has 3 rings (SSSR count). The fourth-order valence-electron chi connectivity index (χ4n) is 2.71. The Balaban J connectivity index is 1.63. The number of nitrogens with zero attached hydrogens (tertiary/aromatic N) is 2. The van der Waals surface area contributed by atoms with Gasteiger partial charge in [-0.1, -0.05) is 23.7 Å². The maximum Gasteiger partial charge on any atom is 0.261 e. The first-order valence-corrected chi connectivity index (χ1v) is 8.53. The van der Waals surface area contributed by atoms with Gasteiger partial charge in [-0.2, -0.15) is 0 Å². The lowest BCUT2D eigenvalue weighted by Gasteiger charge is -2.09. The highest BCUT2D eigenvalue weighted by Gasteiger charge is 2.09. The van der Waals surface area contributed by atoms with Crippen molar-refractivity contribution in [3.05, 3.63) is 69.5 Å². The third-order valence-corrected chi connectivity index (χ3v) is 4.30. The Morgan fingerprint density at radius 2 is 2.12 bits per heavy atom. The van der Waals surface area contributed by atoms with Gasteiger partial charge in [0, 0.05) is 18.0 Å². The molecule has 1 aromatic heterocycles. The van der Waals surface area contributed by atoms with E-state index in [1.165, 1.54) is 23.0 Å². The molecule has 5 nitrogen and oxygen atoms in total. The SMILES string of the molecule is Cc1cccc2c(=O)n(CCCC(=O)Nc3ccc(Cl)cc3F)cnc12. The van der Waals surface area contributed by atoms with Gasteiger partial charge in [-0.25, -0.2) is 9.37 Å². The van der Waals surface area contributed by atoms with E-state index in [4.69, 9.17) is 11.6 Å². The van der Waals surface area contributed by atoms with E-state index in [0.717, 1.165) is 11.6 Å². The summed E-state index contributed by atoms with van der Waals surface area (Å²) in [6, 6.07) is 9.51. The number of nitrogens with one attached hydrogen (secondary N) is 1. The number of fused-ring (bicyclic) bond motifs is 1. The van der Waals surface area contributed by atoms with Crippen LogP contribution in [0.4, 0.5) is 10.1 Å². The van der Waals surface area contributed by atoms with E-state index in [-0.39, 0.29) is 28.6 Å². The Kier molecular flexibility index (Phi) is 5.32. The van der Waals surface area contributed by atoms with Crippen LogP contribution >= 0.6 is 11.6 Å². The van der Waals surface area contributed by atoms with Gasteiger partial charge in [0.05, 0.1) is 22.9 Å². The molecule has 0 aliphatic heterocycles. The summed E-state index contributed by atoms with van der Waals surface area (Å²) >= 11 is 5.68. The number of amides is 1. The smallest absolute Gasteiger partial charge is 0.261 e. The van der Waals surface area contributed by atoms with Gasteiger partial charge in [-0.3, -0.25) is 14.2 Å². The summed E-state index contributed by atoms with van der Waals surface area (Å²) in [4.78, 5) is 28.8. The number of benzene rings is 2. The molecule has 0 unspecified atom stereocenters. The van der Waals surface area contributed by atoms with Gasteiger partial charge in [0.25, 0.3) is 5.56 Å². The third-order valence-electron chi connectivity index (χ3n) is 4.06. The van der Waals surface area contributed by atoms with E-state index in [9.17, 15) is 14.0 Å². The lowest BCUT2D eigenvalue weighted by Crippen LogP contribution is -2.22. The van der Waals surface area contributed by atoms with Gasteiger partial charge in [0.15, 0.2) is 0 Å². The van der Waals surface area contributed by atoms with Crippen LogP contribution in [0.15, 0.2) is 47.5 Å². The van der Waals surface area contributed by atoms with E-state index in [1.807, 2.05) is 19.1 Å². The van der Waals surface area contributed by atoms with Crippen LogP contribution in [0.25, 0.3) is 10.9 Å². The van der Waals surface area contributed by atoms with Crippen LogP contribution in [0.1, 0.15) is 18.4 Å². The lowest BCUT2D eigenvalue weighted by atomic mass is 10.1. The molecule has 1 amide bonds. The molecule has 26 heavy (non-hydrogen) atoms. The highest BCUT2D eigenvalue weighted by molar-refractivity contribution is 6.30. The lowest BCUT2D eigenvalue weighted by molar-refractivity contribution is -0.116. The molecule has 0 fully saturated rings. The zero-order valence-electron chi connectivity index (χ0n) is 14.1. The second-order valence-corrected chi connectivity index (χ2v) is 6.43. The molecule has 0 saturated heterocycles. The Bertz CT molecular complexity index is 1030. The summed E-state index contributed by atoms with van der Waals surface area (Å²) in [6.45, 7) is 2.26. The quantitative estimate of drug-likeness (QED) is 0.737. The average molecular weight is 374 g/mol. The van der Waals surface area contributed by atoms with Gasteiger partial charge >= 0.3 is 0 Å². The number of carbonyl (C=O) groups is 1. The van der Waals surface area contributed by atoms with E-state index < -0.39 is 5.82 Å². The molecule has 2 aromatic carbocycles. The predicted molar refractivity (Wildman–Crippen MR) is 100 cm³/mol. The highest BCUT2D eigenvalue weighted by Crippen LogP contribution is 2.19. The molecule has 0 radical (unpaired) electrons. The summed E-state index contributed by atoms with van der Waals surface area (Å²) in [6.07, 6.45) is 2.08. The maximum atomic E-state index is 13.7. The topological polar surface area (TPSA) is 64.0 Å². The number of rotatable bonds is 5. The first-order valence-electron chi connectivity index (χ1n) is 8.15. The fourth-order valence-corrected chi connectivity index (χ4v) is 2.87. The number of anilines is 1. The van der Waals surface area contributed by atoms with Crippen molar-refractivity contribution in [1.29, 1.82) is 0 Å². The molecule has 0 aliphatic rings. The molecule has 0 saturated carbocycles. The highest BCUT2D eigenvalue weighted by atomic mass is 35.5. The summed E-state index contributed by atoms with van der Waals surface area (Å²) in [5.74, 6) is -0.917. The number of carbonyl (C=O) groups excluding carboxylic acids is 1. The minimum Gasteiger partial charge on any atom is -0.324 e. The van der Waals surface area contributed by atoms with Crippen molar-refractivity contribution in [2.75, 3.05) is 5.32 Å². The fraction of sp³-hybridized carbons (Fsp3) is 0.211. The van der Waals surface area contributed by atoms with Crippen LogP contribution in [0.2, 0.25) is 5.02 Å². The molecule has 0 bridgehead atoms. The van der Waals surface area contributed by atoms with Crippen LogP contribution in [0.5, 0.6) is 0 Å². The average Bonchev–Trinajstić information content (AvgIpc) is 2.60. The van der Waals surface area contributed by atoms with Crippen LogP contribution in [-0.4, -0.2) is 15.5 Å². The number of aryl methyl sites for hydroxylation is 2. The second kappa shape index (κ2) is 7.66. The monoisotopic (exact) mass is 373 g/mol. The van der Waals surface area contributed by atoms with Crippen molar-refractivity contribution >= 4 is 34.1 Å². The molecule has 0 spiro atoms. The maximum absolute atomic E-state index is 13.7. The van der Waals surface area contributed by atoms with E-state index in [2.05, 4.69) is 10.3 Å². The van der Waals surface area contributed by atoms with Gasteiger partial charge in [-0.15, -0.1) is 0 Å². The van der Waals surface area contributed by atoms with Crippen molar-refractivity contribution in [2.45, 2.75) is 26.3 Å². The Morgan fingerprint density at radius 1 is 1.31 bits per heavy atom. The Morgan fingerprint density at radius 3 is 2.88 bits per heavy atom. The van der Waals surface area contributed by atoms with Gasteiger partial charge in [0.2, 0.25) is 5.91 Å². The number of halogens is 2. The number of hydrogen-bond donors (Lipinski definition) is 1. The zero-order valence-corrected chi connectivity index (χ0v) is 14.9. The van der Waals surface area contributed by atoms with Crippen molar-refractivity contribution in [3.8, 4) is 0 Å². The van der Waals surface area contributed by atoms with Gasteiger partial charge in [-0.05, 0) is 43.2 Å². The van der Waals surface area contributed by atoms with Crippen LogP contribution < -0.4 is 10.9 Å². The summed E-state index contributed by atoms with van der Waals surface area (Å²) in [5, 5.41) is 3.32. The number of hydrogen-bond acceptors (Lipinski definition) is 3. The Labute approximate surface area is 154 Å². The molecule has 0 aliphatic carbocycles. The molecule has 0 atom stereocenters. The van der Waals surface area contributed by atoms with E-state index in [0.29, 0.717) is 23.9 Å². The standard InChI is InChI=1S/C19H17ClFN3O2/c1-12-4-2-5-14-18(12)22-11-24(19(14)26)9-3-6-17(25)23-16-8-7-13(20)10-15(16)21/h2,4-5,7-8,10-11H,3,6,9H2,1H3,(H,23,25). The molecule has 1 N–H and O–H groups in total. The minimum absolute atomic E-state index is 0.0828. The first kappa shape index (κ1) is 18.1. The molecule has 134 valence electrons. The van der Waals surface area contributed by atoms with Crippen molar-refractivity contribution in [3.63, 3.8) is 0 Å². The Hall–Kier alpha value is -2.73. The summed E-state index contributed by atoms with van der Waals surface area (Å²) in [5.41, 5.74) is 1.57. The predicted octanol–water partition coefficient (Wildman–Crippen LogP) is 3.92. The molecule has 1 heterocycles. The zero-order chi connectivity index (χ0) is 18.7. The normalized spacial score (nSPS) is 10.9. The minimum atomic E-state index is -0.587. The molecular weight excluding hydrogens is 357 g/mol. The van der Waals surface area contributed by atoms with Crippen molar-refractivity contribution in [1.82, 2.24) is 9.55 Å². The number of aromatic nitrogens is 2. The molecule has 3 aromatic rings. The van der Waals surface area contributed by atoms with E-state index >= 15 is 0 Å². The van der Waals surface area contributed by atoms with E-state index in [1.54, 1.807) is 6.07 Å². The largest absolute Gasteiger partial charge is 0.324 e. The van der Waals surface area contributed by atoms with Gasteiger partial charge in [0.1, 0.15) is 5.82 Å². The second-order valence-electron chi connectivity index (χ2n) is 5.99. The van der Waals surface area contributed by atoms with Crippen molar-refractivity contribution < 1.29 is 9.18 Å². The van der Waals surface area contributed by atoms with Crippen LogP contribution in [-0.2, 0) is 11.3 Å². The van der Waals surface area contributed by atoms with Gasteiger partial charge < -0.3 is 5.32 Å². The summed E-state index contributed by atoms with van der Waals surface area (Å²) in [7, 11) is 0. The number of para-hydroxylation sites is 1. The third kappa shape index (κ3) is 3.91. The van der Waals surface area contributed by atoms with Crippen LogP contribution in [0.3, 0.4) is 0 Å². The first-order chi connectivity index (χ1) is 12.5.